The van der Waals surface area contributed by atoms with Crippen molar-refractivity contribution in [1.82, 2.24) is 0 Å². The molecule has 1 heterocycles. The molecule has 1 aliphatic rings. The van der Waals surface area contributed by atoms with E-state index in [-0.39, 0.29) is 32.0 Å². The lowest BCUT2D eigenvalue weighted by atomic mass is 10.3. The lowest BCUT2D eigenvalue weighted by Gasteiger charge is -2.25. The van der Waals surface area contributed by atoms with Gasteiger partial charge in [0, 0.05) is 0 Å². The zero-order valence-electron chi connectivity index (χ0n) is 7.56. The van der Waals surface area contributed by atoms with E-state index < -0.39 is 6.16 Å². The van der Waals surface area contributed by atoms with Gasteiger partial charge in [0.15, 0.2) is 0 Å². The number of carbonyl (C=O) groups excluding carboxylic acids is 1. The van der Waals surface area contributed by atoms with E-state index >= 15 is 0 Å². The Bertz CT molecular complexity index is 156. The summed E-state index contributed by atoms with van der Waals surface area (Å²) >= 11 is 0. The average molecular weight is 190 g/mol. The summed E-state index contributed by atoms with van der Waals surface area (Å²) < 4.78 is 14.6. The summed E-state index contributed by atoms with van der Waals surface area (Å²) in [5, 5.41) is 8.84. The summed E-state index contributed by atoms with van der Waals surface area (Å²) in [6, 6.07) is 0. The highest BCUT2D eigenvalue weighted by molar-refractivity contribution is 5.60. The van der Waals surface area contributed by atoms with Crippen molar-refractivity contribution < 1.29 is 24.1 Å². The summed E-state index contributed by atoms with van der Waals surface area (Å²) in [7, 11) is 0. The third-order valence-electron chi connectivity index (χ3n) is 1.82. The van der Waals surface area contributed by atoms with Crippen molar-refractivity contribution in [2.45, 2.75) is 25.6 Å². The fourth-order valence-corrected chi connectivity index (χ4v) is 1.03. The summed E-state index contributed by atoms with van der Waals surface area (Å²) in [4.78, 5) is 10.5. The SMILES string of the molecule is CCC(CO)OC1COC(=O)OC1. The fourth-order valence-electron chi connectivity index (χ4n) is 1.03. The lowest BCUT2D eigenvalue weighted by molar-refractivity contribution is -0.118. The van der Waals surface area contributed by atoms with Gasteiger partial charge in [-0.15, -0.1) is 0 Å². The molecule has 1 N–H and O–H groups in total. The second kappa shape index (κ2) is 5.04. The zero-order valence-corrected chi connectivity index (χ0v) is 7.56. The number of hydrogen-bond donors (Lipinski definition) is 1. The number of cyclic esters (lactones) is 2. The minimum Gasteiger partial charge on any atom is -0.431 e. The molecule has 1 atom stereocenters. The second-order valence-electron chi connectivity index (χ2n) is 2.84. The van der Waals surface area contributed by atoms with Gasteiger partial charge in [-0.2, -0.15) is 0 Å². The van der Waals surface area contributed by atoms with Crippen LogP contribution in [-0.2, 0) is 14.2 Å². The topological polar surface area (TPSA) is 65.0 Å². The Morgan fingerprint density at radius 2 is 2.23 bits per heavy atom. The molecule has 0 radical (unpaired) electrons. The van der Waals surface area contributed by atoms with Crippen LogP contribution in [0.3, 0.4) is 0 Å². The minimum absolute atomic E-state index is 0.0268. The highest BCUT2D eigenvalue weighted by atomic mass is 16.7. The first kappa shape index (κ1) is 10.3. The largest absolute Gasteiger partial charge is 0.508 e. The fraction of sp³-hybridized carbons (Fsp3) is 0.875. The van der Waals surface area contributed by atoms with Gasteiger partial charge >= 0.3 is 6.16 Å². The maximum Gasteiger partial charge on any atom is 0.508 e. The molecule has 0 aromatic heterocycles. The predicted octanol–water partition coefficient (Wildman–Crippen LogP) is 0.309. The Hall–Kier alpha value is -0.810. The predicted molar refractivity (Wildman–Crippen MR) is 43.3 cm³/mol. The molecule has 1 fully saturated rings. The molecule has 0 aromatic carbocycles. The van der Waals surface area contributed by atoms with Crippen molar-refractivity contribution in [2.24, 2.45) is 0 Å². The molecule has 0 saturated carbocycles. The van der Waals surface area contributed by atoms with E-state index in [9.17, 15) is 4.79 Å². The van der Waals surface area contributed by atoms with Gasteiger partial charge in [-0.3, -0.25) is 0 Å². The molecule has 1 saturated heterocycles. The smallest absolute Gasteiger partial charge is 0.431 e. The Morgan fingerprint density at radius 3 is 2.69 bits per heavy atom. The third-order valence-corrected chi connectivity index (χ3v) is 1.82. The normalized spacial score (nSPS) is 20.6. The third kappa shape index (κ3) is 3.20. The summed E-state index contributed by atoms with van der Waals surface area (Å²) in [6.07, 6.45) is -0.391. The second-order valence-corrected chi connectivity index (χ2v) is 2.84. The highest BCUT2D eigenvalue weighted by Gasteiger charge is 2.23. The van der Waals surface area contributed by atoms with Crippen LogP contribution in [0, 0.1) is 0 Å². The van der Waals surface area contributed by atoms with Gasteiger partial charge in [0.25, 0.3) is 0 Å². The van der Waals surface area contributed by atoms with Crippen molar-refractivity contribution in [3.63, 3.8) is 0 Å². The van der Waals surface area contributed by atoms with Crippen molar-refractivity contribution >= 4 is 6.16 Å². The molecule has 1 aliphatic heterocycles. The Morgan fingerprint density at radius 1 is 1.62 bits per heavy atom. The summed E-state index contributed by atoms with van der Waals surface area (Å²) in [5.74, 6) is 0. The molecule has 1 unspecified atom stereocenters. The average Bonchev–Trinajstić information content (AvgIpc) is 2.17. The van der Waals surface area contributed by atoms with Gasteiger partial charge in [0.2, 0.25) is 0 Å². The first-order valence-corrected chi connectivity index (χ1v) is 4.32. The van der Waals surface area contributed by atoms with Gasteiger partial charge in [0.1, 0.15) is 19.3 Å². The van der Waals surface area contributed by atoms with E-state index in [2.05, 4.69) is 9.47 Å². The van der Waals surface area contributed by atoms with Crippen LogP contribution in [0.4, 0.5) is 4.79 Å². The first-order valence-electron chi connectivity index (χ1n) is 4.32. The van der Waals surface area contributed by atoms with Crippen molar-refractivity contribution in [3.05, 3.63) is 0 Å². The van der Waals surface area contributed by atoms with Crippen molar-refractivity contribution in [3.8, 4) is 0 Å². The Balaban J connectivity index is 2.24. The minimum atomic E-state index is -0.656. The molecular formula is C8H14O5. The molecule has 13 heavy (non-hydrogen) atoms. The summed E-state index contributed by atoms with van der Waals surface area (Å²) in [5.41, 5.74) is 0. The number of aliphatic hydroxyl groups is 1. The standard InChI is InChI=1S/C8H14O5/c1-2-6(3-9)13-7-4-11-8(10)12-5-7/h6-7,9H,2-5H2,1H3. The molecule has 1 rings (SSSR count). The maximum absolute atomic E-state index is 10.5. The van der Waals surface area contributed by atoms with Gasteiger partial charge in [-0.1, -0.05) is 6.92 Å². The van der Waals surface area contributed by atoms with Crippen LogP contribution >= 0.6 is 0 Å². The molecule has 76 valence electrons. The van der Waals surface area contributed by atoms with E-state index in [4.69, 9.17) is 9.84 Å². The number of ether oxygens (including phenoxy) is 3. The Labute approximate surface area is 76.6 Å². The molecule has 0 aromatic rings. The summed E-state index contributed by atoms with van der Waals surface area (Å²) in [6.45, 7) is 2.29. The number of aliphatic hydroxyl groups excluding tert-OH is 1. The molecule has 0 aliphatic carbocycles. The monoisotopic (exact) mass is 190 g/mol. The molecular weight excluding hydrogens is 176 g/mol. The molecule has 5 heteroatoms. The molecule has 0 spiro atoms. The van der Waals surface area contributed by atoms with Crippen LogP contribution in [0.5, 0.6) is 0 Å². The molecule has 0 amide bonds. The van der Waals surface area contributed by atoms with E-state index in [1.54, 1.807) is 0 Å². The molecule has 5 nitrogen and oxygen atoms in total. The Kier molecular flexibility index (Phi) is 3.98. The maximum atomic E-state index is 10.5. The van der Waals surface area contributed by atoms with Gasteiger partial charge in [-0.05, 0) is 6.42 Å². The van der Waals surface area contributed by atoms with Crippen LogP contribution in [0.1, 0.15) is 13.3 Å². The number of hydrogen-bond acceptors (Lipinski definition) is 5. The van der Waals surface area contributed by atoms with Crippen molar-refractivity contribution in [1.29, 1.82) is 0 Å². The van der Waals surface area contributed by atoms with Crippen LogP contribution in [0.15, 0.2) is 0 Å². The number of carbonyl (C=O) groups is 1. The highest BCUT2D eigenvalue weighted by Crippen LogP contribution is 2.08. The van der Waals surface area contributed by atoms with Gasteiger partial charge in [0.05, 0.1) is 12.7 Å². The van der Waals surface area contributed by atoms with E-state index in [0.717, 1.165) is 6.42 Å². The van der Waals surface area contributed by atoms with E-state index in [1.807, 2.05) is 6.92 Å². The van der Waals surface area contributed by atoms with Gasteiger partial charge < -0.3 is 19.3 Å². The molecule has 0 bridgehead atoms. The lowest BCUT2D eigenvalue weighted by Crippen LogP contribution is -2.37. The van der Waals surface area contributed by atoms with Crippen LogP contribution < -0.4 is 0 Å². The van der Waals surface area contributed by atoms with Crippen LogP contribution in [-0.4, -0.2) is 43.3 Å². The quantitative estimate of drug-likeness (QED) is 0.646. The zero-order chi connectivity index (χ0) is 9.68. The van der Waals surface area contributed by atoms with E-state index in [0.29, 0.717) is 0 Å². The van der Waals surface area contributed by atoms with Gasteiger partial charge in [-0.25, -0.2) is 4.79 Å². The van der Waals surface area contributed by atoms with Crippen molar-refractivity contribution in [2.75, 3.05) is 19.8 Å². The van der Waals surface area contributed by atoms with Crippen LogP contribution in [0.25, 0.3) is 0 Å². The van der Waals surface area contributed by atoms with Crippen LogP contribution in [0.2, 0.25) is 0 Å². The number of rotatable bonds is 4. The first-order chi connectivity index (χ1) is 6.26. The van der Waals surface area contributed by atoms with E-state index in [1.165, 1.54) is 0 Å².